The lowest BCUT2D eigenvalue weighted by Gasteiger charge is -2.15. The third kappa shape index (κ3) is 7.43. The molecular formula is C26H25BrFN3O6. The highest BCUT2D eigenvalue weighted by Crippen LogP contribution is 2.37. The fourth-order valence-corrected chi connectivity index (χ4v) is 3.71. The zero-order valence-electron chi connectivity index (χ0n) is 20.3. The molecule has 0 aliphatic carbocycles. The molecule has 3 aromatic carbocycles. The van der Waals surface area contributed by atoms with Crippen LogP contribution in [-0.2, 0) is 16.2 Å². The average Bonchev–Trinajstić information content (AvgIpc) is 2.89. The van der Waals surface area contributed by atoms with E-state index >= 15 is 0 Å². The highest BCUT2D eigenvalue weighted by Gasteiger charge is 2.17. The van der Waals surface area contributed by atoms with Crippen LogP contribution in [0.4, 0.5) is 10.1 Å². The molecule has 3 aromatic rings. The van der Waals surface area contributed by atoms with Crippen LogP contribution in [0.2, 0.25) is 0 Å². The van der Waals surface area contributed by atoms with E-state index in [0.29, 0.717) is 45.2 Å². The number of anilines is 1. The number of benzene rings is 3. The number of nitrogens with zero attached hydrogens (tertiary/aromatic N) is 1. The average molecular weight is 574 g/mol. The van der Waals surface area contributed by atoms with E-state index in [2.05, 4.69) is 31.8 Å². The largest absolute Gasteiger partial charge is 0.497 e. The van der Waals surface area contributed by atoms with Crippen molar-refractivity contribution in [1.29, 1.82) is 0 Å². The van der Waals surface area contributed by atoms with Crippen LogP contribution in [0.1, 0.15) is 18.1 Å². The molecule has 0 spiro atoms. The summed E-state index contributed by atoms with van der Waals surface area (Å²) in [7, 11) is 2.92. The van der Waals surface area contributed by atoms with Crippen molar-refractivity contribution < 1.29 is 32.9 Å². The maximum Gasteiger partial charge on any atom is 0.329 e. The summed E-state index contributed by atoms with van der Waals surface area (Å²) in [6, 6.07) is 14.4. The lowest BCUT2D eigenvalue weighted by molar-refractivity contribution is -0.136. The van der Waals surface area contributed by atoms with E-state index in [9.17, 15) is 14.0 Å². The fourth-order valence-electron chi connectivity index (χ4n) is 3.14. The third-order valence-electron chi connectivity index (χ3n) is 4.90. The molecule has 37 heavy (non-hydrogen) atoms. The summed E-state index contributed by atoms with van der Waals surface area (Å²) < 4.78 is 36.3. The van der Waals surface area contributed by atoms with Gasteiger partial charge in [-0.2, -0.15) is 5.10 Å². The molecule has 2 N–H and O–H groups in total. The van der Waals surface area contributed by atoms with Gasteiger partial charge in [0.2, 0.25) is 0 Å². The summed E-state index contributed by atoms with van der Waals surface area (Å²) in [5, 5.41) is 6.31. The number of carbonyl (C=O) groups is 2. The van der Waals surface area contributed by atoms with E-state index in [1.807, 2.05) is 6.92 Å². The smallest absolute Gasteiger partial charge is 0.329 e. The van der Waals surface area contributed by atoms with Crippen molar-refractivity contribution in [2.24, 2.45) is 5.10 Å². The van der Waals surface area contributed by atoms with E-state index in [-0.39, 0.29) is 18.1 Å². The van der Waals surface area contributed by atoms with E-state index in [1.54, 1.807) is 42.5 Å². The van der Waals surface area contributed by atoms with E-state index < -0.39 is 11.8 Å². The number of hydrazone groups is 1. The maximum atomic E-state index is 13.9. The van der Waals surface area contributed by atoms with Crippen molar-refractivity contribution in [3.63, 3.8) is 0 Å². The zero-order valence-corrected chi connectivity index (χ0v) is 21.9. The molecule has 0 fully saturated rings. The first-order chi connectivity index (χ1) is 17.9. The number of nitrogens with one attached hydrogen (secondary N) is 2. The van der Waals surface area contributed by atoms with Gasteiger partial charge in [-0.25, -0.2) is 9.82 Å². The van der Waals surface area contributed by atoms with E-state index in [0.717, 1.165) is 0 Å². The first-order valence-electron chi connectivity index (χ1n) is 11.0. The Morgan fingerprint density at radius 2 is 1.78 bits per heavy atom. The van der Waals surface area contributed by atoms with Crippen LogP contribution in [0, 0.1) is 5.82 Å². The van der Waals surface area contributed by atoms with Gasteiger partial charge in [-0.3, -0.25) is 9.59 Å². The Labute approximate surface area is 221 Å². The van der Waals surface area contributed by atoms with Gasteiger partial charge in [-0.05, 0) is 58.7 Å². The van der Waals surface area contributed by atoms with Crippen LogP contribution in [0.5, 0.6) is 23.0 Å². The molecular weight excluding hydrogens is 549 g/mol. The second kappa shape index (κ2) is 13.3. The van der Waals surface area contributed by atoms with E-state index in [4.69, 9.17) is 18.9 Å². The van der Waals surface area contributed by atoms with Crippen molar-refractivity contribution in [3.05, 3.63) is 76.0 Å². The summed E-state index contributed by atoms with van der Waals surface area (Å²) in [6.07, 6.45) is 1.34. The van der Waals surface area contributed by atoms with Gasteiger partial charge in [0, 0.05) is 11.6 Å². The number of hydrogen-bond acceptors (Lipinski definition) is 7. The maximum absolute atomic E-state index is 13.9. The van der Waals surface area contributed by atoms with Gasteiger partial charge in [0.1, 0.15) is 23.9 Å². The molecule has 194 valence electrons. The zero-order chi connectivity index (χ0) is 26.8. The van der Waals surface area contributed by atoms with Gasteiger partial charge in [-0.15, -0.1) is 0 Å². The van der Waals surface area contributed by atoms with Gasteiger partial charge < -0.3 is 24.3 Å². The minimum absolute atomic E-state index is 0.00201. The molecule has 0 unspecified atom stereocenters. The predicted molar refractivity (Wildman–Crippen MR) is 140 cm³/mol. The minimum Gasteiger partial charge on any atom is -0.497 e. The van der Waals surface area contributed by atoms with Gasteiger partial charge in [0.15, 0.2) is 11.5 Å². The Balaban J connectivity index is 1.67. The van der Waals surface area contributed by atoms with Crippen LogP contribution in [-0.4, -0.2) is 38.9 Å². The normalized spacial score (nSPS) is 10.6. The fraction of sp³-hybridized carbons (Fsp3) is 0.192. The topological polar surface area (TPSA) is 107 Å². The predicted octanol–water partition coefficient (Wildman–Crippen LogP) is 4.67. The number of amides is 2. The van der Waals surface area contributed by atoms with Crippen molar-refractivity contribution in [2.45, 2.75) is 13.5 Å². The molecule has 0 aliphatic rings. The molecule has 0 atom stereocenters. The Bertz CT molecular complexity index is 1300. The molecule has 0 radical (unpaired) electrons. The van der Waals surface area contributed by atoms with Crippen LogP contribution in [0.15, 0.2) is 64.2 Å². The number of carbonyl (C=O) groups excluding carboxylic acids is 2. The molecule has 3 rings (SSSR count). The number of ether oxygens (including phenoxy) is 4. The molecule has 0 aromatic heterocycles. The number of methoxy groups -OCH3 is 2. The van der Waals surface area contributed by atoms with Crippen molar-refractivity contribution in [1.82, 2.24) is 5.43 Å². The van der Waals surface area contributed by atoms with Gasteiger partial charge in [-0.1, -0.05) is 18.2 Å². The van der Waals surface area contributed by atoms with Gasteiger partial charge in [0.05, 0.1) is 37.2 Å². The molecule has 0 saturated heterocycles. The van der Waals surface area contributed by atoms with Crippen LogP contribution in [0.3, 0.4) is 0 Å². The Morgan fingerprint density at radius 1 is 1.00 bits per heavy atom. The minimum atomic E-state index is -0.991. The number of rotatable bonds is 10. The number of hydrogen-bond donors (Lipinski definition) is 2. The Hall–Kier alpha value is -4.12. The van der Waals surface area contributed by atoms with Gasteiger partial charge in [0.25, 0.3) is 0 Å². The molecule has 0 saturated carbocycles. The van der Waals surface area contributed by atoms with Crippen LogP contribution >= 0.6 is 15.9 Å². The summed E-state index contributed by atoms with van der Waals surface area (Å²) in [5.41, 5.74) is 3.38. The lowest BCUT2D eigenvalue weighted by Crippen LogP contribution is -2.32. The molecule has 0 aliphatic heterocycles. The monoisotopic (exact) mass is 573 g/mol. The van der Waals surface area contributed by atoms with Crippen molar-refractivity contribution in [2.75, 3.05) is 26.1 Å². The Morgan fingerprint density at radius 3 is 2.49 bits per heavy atom. The first-order valence-corrected chi connectivity index (χ1v) is 11.8. The quantitative estimate of drug-likeness (QED) is 0.207. The van der Waals surface area contributed by atoms with E-state index in [1.165, 1.54) is 32.6 Å². The summed E-state index contributed by atoms with van der Waals surface area (Å²) in [4.78, 5) is 24.5. The van der Waals surface area contributed by atoms with Crippen LogP contribution in [0.25, 0.3) is 0 Å². The van der Waals surface area contributed by atoms with Gasteiger partial charge >= 0.3 is 11.8 Å². The lowest BCUT2D eigenvalue weighted by atomic mass is 10.2. The van der Waals surface area contributed by atoms with Crippen molar-refractivity contribution >= 4 is 39.6 Å². The molecule has 2 amide bonds. The summed E-state index contributed by atoms with van der Waals surface area (Å²) in [5.74, 6) is -0.693. The molecule has 9 nitrogen and oxygen atoms in total. The molecule has 0 heterocycles. The molecule has 11 heteroatoms. The van der Waals surface area contributed by atoms with Crippen molar-refractivity contribution in [3.8, 4) is 23.0 Å². The van der Waals surface area contributed by atoms with Crippen LogP contribution < -0.4 is 29.7 Å². The summed E-state index contributed by atoms with van der Waals surface area (Å²) in [6.45, 7) is 2.17. The third-order valence-corrected chi connectivity index (χ3v) is 5.49. The first kappa shape index (κ1) is 27.5. The SMILES string of the molecule is CCOc1cc(/C=N/NC(=O)C(=O)Nc2cc(OC)ccc2OC)cc(Br)c1OCc1ccccc1F. The number of halogens is 2. The second-order valence-electron chi connectivity index (χ2n) is 7.36. The second-order valence-corrected chi connectivity index (χ2v) is 8.22. The summed E-state index contributed by atoms with van der Waals surface area (Å²) >= 11 is 3.43. The Kier molecular flexibility index (Phi) is 9.84. The highest BCUT2D eigenvalue weighted by atomic mass is 79.9. The molecule has 0 bridgehead atoms. The standard InChI is InChI=1S/C26H25BrFN3O6/c1-4-36-23-12-16(11-19(27)24(23)37-15-17-7-5-6-8-20(17)28)14-29-31-26(33)25(32)30-21-13-18(34-2)9-10-22(21)35-3/h5-14H,4,15H2,1-3H3,(H,30,32)(H,31,33)/b29-14+. The highest BCUT2D eigenvalue weighted by molar-refractivity contribution is 9.10.